The largest absolute Gasteiger partial charge is 0.295 e. The highest BCUT2D eigenvalue weighted by Gasteiger charge is 2.36. The van der Waals surface area contributed by atoms with Crippen LogP contribution in [0.25, 0.3) is 10.8 Å². The molecule has 146 valence electrons. The van der Waals surface area contributed by atoms with Crippen molar-refractivity contribution in [3.8, 4) is 0 Å². The van der Waals surface area contributed by atoms with Crippen molar-refractivity contribution in [3.63, 3.8) is 0 Å². The molecule has 0 spiro atoms. The molecule has 2 aromatic carbocycles. The molecule has 2 aliphatic carbocycles. The molecule has 0 aliphatic heterocycles. The maximum absolute atomic E-state index is 12.5. The van der Waals surface area contributed by atoms with Crippen LogP contribution in [0.4, 0.5) is 0 Å². The molecule has 3 nitrogen and oxygen atoms in total. The van der Waals surface area contributed by atoms with Crippen molar-refractivity contribution in [1.82, 2.24) is 0 Å². The van der Waals surface area contributed by atoms with Crippen LogP contribution in [0.2, 0.25) is 0 Å². The van der Waals surface area contributed by atoms with Gasteiger partial charge >= 0.3 is 0 Å². The Balaban J connectivity index is 1.89. The fourth-order valence-electron chi connectivity index (χ4n) is 5.12. The molecule has 0 atom stereocenters. The molecule has 5 heteroatoms. The van der Waals surface area contributed by atoms with E-state index in [2.05, 4.69) is 6.07 Å². The molecule has 0 unspecified atom stereocenters. The summed E-state index contributed by atoms with van der Waals surface area (Å²) in [5.41, 5.74) is 1.19. The zero-order chi connectivity index (χ0) is 18.9. The average molecular weight is 405 g/mol. The zero-order valence-electron chi connectivity index (χ0n) is 15.8. The van der Waals surface area contributed by atoms with Crippen LogP contribution in [0.3, 0.4) is 0 Å². The van der Waals surface area contributed by atoms with E-state index in [1.807, 2.05) is 30.3 Å². The van der Waals surface area contributed by atoms with Crippen LogP contribution in [0.15, 0.2) is 41.3 Å². The fraction of sp³-hybridized carbons (Fsp3) is 0.545. The summed E-state index contributed by atoms with van der Waals surface area (Å²) in [6, 6.07) is 11.6. The SMILES string of the molecule is O=S(=O)(O)c1c(P(C2CCCCC2)C2CCCCC2)ccc2ccccc12. The van der Waals surface area contributed by atoms with E-state index in [0.717, 1.165) is 10.7 Å². The number of rotatable bonds is 4. The third kappa shape index (κ3) is 4.09. The van der Waals surface area contributed by atoms with Gasteiger partial charge in [0.2, 0.25) is 0 Å². The molecule has 0 heterocycles. The third-order valence-electron chi connectivity index (χ3n) is 6.33. The van der Waals surface area contributed by atoms with E-state index in [1.54, 1.807) is 0 Å². The second kappa shape index (κ2) is 8.19. The van der Waals surface area contributed by atoms with Crippen LogP contribution < -0.4 is 5.30 Å². The van der Waals surface area contributed by atoms with Crippen molar-refractivity contribution in [2.75, 3.05) is 0 Å². The highest BCUT2D eigenvalue weighted by atomic mass is 32.2. The van der Waals surface area contributed by atoms with E-state index < -0.39 is 18.0 Å². The van der Waals surface area contributed by atoms with Crippen molar-refractivity contribution >= 4 is 34.1 Å². The molecule has 0 aromatic heterocycles. The molecule has 2 aliphatic rings. The van der Waals surface area contributed by atoms with Crippen molar-refractivity contribution in [2.45, 2.75) is 80.4 Å². The van der Waals surface area contributed by atoms with E-state index in [0.29, 0.717) is 16.7 Å². The average Bonchev–Trinajstić information content (AvgIpc) is 2.69. The lowest BCUT2D eigenvalue weighted by molar-refractivity contribution is 0.483. The number of hydrogen-bond acceptors (Lipinski definition) is 2. The first-order valence-corrected chi connectivity index (χ1v) is 13.3. The van der Waals surface area contributed by atoms with Gasteiger partial charge in [-0.3, -0.25) is 4.55 Å². The summed E-state index contributed by atoms with van der Waals surface area (Å²) < 4.78 is 35.2. The molecule has 2 aromatic rings. The number of benzene rings is 2. The summed E-state index contributed by atoms with van der Waals surface area (Å²) in [5.74, 6) is 0. The van der Waals surface area contributed by atoms with Crippen LogP contribution in [-0.2, 0) is 10.1 Å². The first-order chi connectivity index (χ1) is 13.1. The smallest absolute Gasteiger partial charge is 0.282 e. The third-order valence-corrected chi connectivity index (χ3v) is 11.0. The Hall–Kier alpha value is -0.960. The first kappa shape index (κ1) is 19.4. The first-order valence-electron chi connectivity index (χ1n) is 10.3. The molecule has 1 N–H and O–H groups in total. The van der Waals surface area contributed by atoms with Crippen LogP contribution >= 0.6 is 7.92 Å². The molecule has 0 radical (unpaired) electrons. The molecule has 0 amide bonds. The lowest BCUT2D eigenvalue weighted by atomic mass is 9.99. The van der Waals surface area contributed by atoms with Crippen LogP contribution in [0, 0.1) is 0 Å². The molecular formula is C22H29O3PS. The molecule has 0 saturated heterocycles. The molecule has 2 fully saturated rings. The molecule has 2 saturated carbocycles. The lowest BCUT2D eigenvalue weighted by Crippen LogP contribution is -2.29. The Morgan fingerprint density at radius 3 is 1.89 bits per heavy atom. The fourth-order valence-corrected chi connectivity index (χ4v) is 10.4. The van der Waals surface area contributed by atoms with E-state index in [1.165, 1.54) is 64.2 Å². The Morgan fingerprint density at radius 2 is 1.33 bits per heavy atom. The normalized spacial score (nSPS) is 20.4. The van der Waals surface area contributed by atoms with Gasteiger partial charge in [0.15, 0.2) is 0 Å². The Kier molecular flexibility index (Phi) is 5.87. The highest BCUT2D eigenvalue weighted by Crippen LogP contribution is 2.56. The summed E-state index contributed by atoms with van der Waals surface area (Å²) in [5, 5.41) is 2.50. The van der Waals surface area contributed by atoms with E-state index in [9.17, 15) is 13.0 Å². The predicted molar refractivity (Wildman–Crippen MR) is 114 cm³/mol. The van der Waals surface area contributed by atoms with Crippen molar-refractivity contribution < 1.29 is 13.0 Å². The minimum absolute atomic E-state index is 0.197. The van der Waals surface area contributed by atoms with E-state index in [-0.39, 0.29) is 4.90 Å². The maximum Gasteiger partial charge on any atom is 0.295 e. The van der Waals surface area contributed by atoms with Gasteiger partial charge < -0.3 is 0 Å². The number of hydrogen-bond donors (Lipinski definition) is 1. The molecular weight excluding hydrogens is 375 g/mol. The second-order valence-corrected chi connectivity index (χ2v) is 12.2. The van der Waals surface area contributed by atoms with Gasteiger partial charge in [0, 0.05) is 5.39 Å². The summed E-state index contributed by atoms with van der Waals surface area (Å²) in [4.78, 5) is 0.197. The van der Waals surface area contributed by atoms with Crippen LogP contribution in [-0.4, -0.2) is 24.3 Å². The van der Waals surface area contributed by atoms with Crippen molar-refractivity contribution in [2.24, 2.45) is 0 Å². The maximum atomic E-state index is 12.5. The Bertz CT molecular complexity index is 879. The van der Waals surface area contributed by atoms with Crippen LogP contribution in [0.1, 0.15) is 64.2 Å². The Labute approximate surface area is 164 Å². The topological polar surface area (TPSA) is 54.4 Å². The zero-order valence-corrected chi connectivity index (χ0v) is 17.5. The van der Waals surface area contributed by atoms with E-state index >= 15 is 0 Å². The summed E-state index contributed by atoms with van der Waals surface area (Å²) in [6.07, 6.45) is 12.5. The molecule has 27 heavy (non-hydrogen) atoms. The van der Waals surface area contributed by atoms with Gasteiger partial charge in [-0.1, -0.05) is 82.8 Å². The van der Waals surface area contributed by atoms with Gasteiger partial charge in [-0.2, -0.15) is 8.42 Å². The Morgan fingerprint density at radius 1 is 0.778 bits per heavy atom. The van der Waals surface area contributed by atoms with Gasteiger partial charge in [0.05, 0.1) is 0 Å². The molecule has 0 bridgehead atoms. The van der Waals surface area contributed by atoms with Crippen molar-refractivity contribution in [3.05, 3.63) is 36.4 Å². The summed E-state index contributed by atoms with van der Waals surface area (Å²) in [6.45, 7) is 0. The van der Waals surface area contributed by atoms with Gasteiger partial charge in [0.25, 0.3) is 10.1 Å². The standard InChI is InChI=1S/C22H29O3PS/c23-27(24,25)22-20-14-8-7-9-17(20)15-16-21(22)26(18-10-3-1-4-11-18)19-12-5-2-6-13-19/h7-9,14-16,18-19H,1-6,10-13H2,(H,23,24,25). The monoisotopic (exact) mass is 404 g/mol. The van der Waals surface area contributed by atoms with Crippen LogP contribution in [0.5, 0.6) is 0 Å². The second-order valence-electron chi connectivity index (χ2n) is 8.10. The molecule has 4 rings (SSSR count). The summed E-state index contributed by atoms with van der Waals surface area (Å²) >= 11 is 0. The van der Waals surface area contributed by atoms with E-state index in [4.69, 9.17) is 0 Å². The van der Waals surface area contributed by atoms with Gasteiger partial charge in [-0.25, -0.2) is 0 Å². The number of fused-ring (bicyclic) bond motifs is 1. The lowest BCUT2D eigenvalue weighted by Gasteiger charge is -2.39. The van der Waals surface area contributed by atoms with Gasteiger partial charge in [-0.15, -0.1) is 0 Å². The quantitative estimate of drug-likeness (QED) is 0.513. The highest BCUT2D eigenvalue weighted by molar-refractivity contribution is 7.87. The van der Waals surface area contributed by atoms with Gasteiger partial charge in [0.1, 0.15) is 4.90 Å². The van der Waals surface area contributed by atoms with Crippen molar-refractivity contribution in [1.29, 1.82) is 0 Å². The predicted octanol–water partition coefficient (Wildman–Crippen LogP) is 5.86. The van der Waals surface area contributed by atoms with Gasteiger partial charge in [-0.05, 0) is 47.7 Å². The minimum Gasteiger partial charge on any atom is -0.282 e. The minimum atomic E-state index is -4.27. The summed E-state index contributed by atoms with van der Waals surface area (Å²) in [7, 11) is -4.86.